The van der Waals surface area contributed by atoms with E-state index >= 15 is 0 Å². The Kier molecular flexibility index (Phi) is 5.10. The Bertz CT molecular complexity index is 917. The SMILES string of the molecule is Cc1csc(C(c2ccc(-c3ccccc3)cc2)N2CCCC2C(=O)O)c1. The molecule has 1 fully saturated rings. The minimum Gasteiger partial charge on any atom is -0.480 e. The number of aliphatic carboxylic acids is 1. The highest BCUT2D eigenvalue weighted by Crippen LogP contribution is 2.38. The van der Waals surface area contributed by atoms with Gasteiger partial charge in [0.2, 0.25) is 0 Å². The fourth-order valence-corrected chi connectivity index (χ4v) is 5.01. The fraction of sp³-hybridized carbons (Fsp3) is 0.261. The molecule has 0 spiro atoms. The van der Waals surface area contributed by atoms with Gasteiger partial charge in [-0.05, 0) is 53.5 Å². The molecule has 2 unspecified atom stereocenters. The van der Waals surface area contributed by atoms with E-state index in [0.717, 1.165) is 24.9 Å². The van der Waals surface area contributed by atoms with Gasteiger partial charge in [-0.2, -0.15) is 0 Å². The minimum absolute atomic E-state index is 0.00266. The van der Waals surface area contributed by atoms with Gasteiger partial charge in [0, 0.05) is 11.4 Å². The number of carboxylic acids is 1. The van der Waals surface area contributed by atoms with E-state index in [1.807, 2.05) is 18.2 Å². The van der Waals surface area contributed by atoms with Gasteiger partial charge in [0.15, 0.2) is 0 Å². The average Bonchev–Trinajstić information content (AvgIpc) is 3.33. The normalized spacial score (nSPS) is 18.5. The molecule has 3 aromatic rings. The Morgan fingerprint density at radius 3 is 2.44 bits per heavy atom. The number of carbonyl (C=O) groups is 1. The van der Waals surface area contributed by atoms with Crippen molar-refractivity contribution in [2.45, 2.75) is 31.8 Å². The van der Waals surface area contributed by atoms with Crippen molar-refractivity contribution in [3.63, 3.8) is 0 Å². The maximum atomic E-state index is 11.8. The second-order valence-corrected chi connectivity index (χ2v) is 8.09. The highest BCUT2D eigenvalue weighted by Gasteiger charge is 2.37. The van der Waals surface area contributed by atoms with Crippen molar-refractivity contribution in [3.8, 4) is 11.1 Å². The molecule has 2 aromatic carbocycles. The lowest BCUT2D eigenvalue weighted by Gasteiger charge is -2.31. The Labute approximate surface area is 163 Å². The number of carboxylic acid groups (broad SMARTS) is 1. The van der Waals surface area contributed by atoms with Crippen LogP contribution in [0.15, 0.2) is 66.0 Å². The Morgan fingerprint density at radius 2 is 1.81 bits per heavy atom. The van der Waals surface area contributed by atoms with E-state index in [9.17, 15) is 9.90 Å². The van der Waals surface area contributed by atoms with Gasteiger partial charge < -0.3 is 5.11 Å². The van der Waals surface area contributed by atoms with Gasteiger partial charge in [-0.15, -0.1) is 11.3 Å². The molecule has 138 valence electrons. The summed E-state index contributed by atoms with van der Waals surface area (Å²) in [5.41, 5.74) is 4.76. The van der Waals surface area contributed by atoms with Gasteiger partial charge in [-0.1, -0.05) is 54.6 Å². The third-order valence-corrected chi connectivity index (χ3v) is 6.37. The van der Waals surface area contributed by atoms with Crippen molar-refractivity contribution < 1.29 is 9.90 Å². The molecule has 4 rings (SSSR count). The summed E-state index contributed by atoms with van der Waals surface area (Å²) in [6, 6.07) is 20.7. The fourth-order valence-electron chi connectivity index (χ4n) is 3.97. The van der Waals surface area contributed by atoms with Crippen LogP contribution in [0.2, 0.25) is 0 Å². The molecule has 3 nitrogen and oxygen atoms in total. The molecular formula is C23H23NO2S. The number of aryl methyl sites for hydroxylation is 1. The van der Waals surface area contributed by atoms with Crippen molar-refractivity contribution in [1.82, 2.24) is 4.90 Å². The minimum atomic E-state index is -0.716. The maximum absolute atomic E-state index is 11.8. The first-order valence-corrected chi connectivity index (χ1v) is 10.2. The highest BCUT2D eigenvalue weighted by atomic mass is 32.1. The first-order chi connectivity index (χ1) is 13.1. The van der Waals surface area contributed by atoms with E-state index in [1.165, 1.54) is 21.6 Å². The zero-order valence-electron chi connectivity index (χ0n) is 15.3. The predicted octanol–water partition coefficient (Wildman–Crippen LogP) is 5.36. The van der Waals surface area contributed by atoms with E-state index in [0.29, 0.717) is 0 Å². The number of likely N-dealkylation sites (tertiary alicyclic amines) is 1. The van der Waals surface area contributed by atoms with Gasteiger partial charge in [0.05, 0.1) is 6.04 Å². The summed E-state index contributed by atoms with van der Waals surface area (Å²) in [4.78, 5) is 15.2. The number of rotatable bonds is 5. The summed E-state index contributed by atoms with van der Waals surface area (Å²) in [7, 11) is 0. The van der Waals surface area contributed by atoms with Crippen molar-refractivity contribution in [2.24, 2.45) is 0 Å². The van der Waals surface area contributed by atoms with Crippen LogP contribution in [0.5, 0.6) is 0 Å². The summed E-state index contributed by atoms with van der Waals surface area (Å²) in [6.07, 6.45) is 1.65. The monoisotopic (exact) mass is 377 g/mol. The molecular weight excluding hydrogens is 354 g/mol. The molecule has 0 bridgehead atoms. The van der Waals surface area contributed by atoms with Gasteiger partial charge >= 0.3 is 5.97 Å². The summed E-state index contributed by atoms with van der Waals surface area (Å²) < 4.78 is 0. The summed E-state index contributed by atoms with van der Waals surface area (Å²) in [6.45, 7) is 2.91. The third kappa shape index (κ3) is 3.68. The quantitative estimate of drug-likeness (QED) is 0.650. The van der Waals surface area contributed by atoms with Gasteiger partial charge in [-0.25, -0.2) is 0 Å². The smallest absolute Gasteiger partial charge is 0.320 e. The molecule has 0 saturated carbocycles. The molecule has 1 aromatic heterocycles. The van der Waals surface area contributed by atoms with Gasteiger partial charge in [0.1, 0.15) is 6.04 Å². The molecule has 1 saturated heterocycles. The molecule has 4 heteroatoms. The Balaban J connectivity index is 1.72. The number of benzene rings is 2. The number of hydrogen-bond donors (Lipinski definition) is 1. The lowest BCUT2D eigenvalue weighted by Crippen LogP contribution is -2.39. The second kappa shape index (κ2) is 7.67. The number of thiophene rings is 1. The third-order valence-electron chi connectivity index (χ3n) is 5.26. The van der Waals surface area contributed by atoms with Crippen molar-refractivity contribution in [1.29, 1.82) is 0 Å². The molecule has 0 radical (unpaired) electrons. The largest absolute Gasteiger partial charge is 0.480 e. The van der Waals surface area contributed by atoms with E-state index in [2.05, 4.69) is 59.7 Å². The van der Waals surface area contributed by atoms with Crippen LogP contribution in [0, 0.1) is 6.92 Å². The van der Waals surface area contributed by atoms with Crippen LogP contribution in [0.25, 0.3) is 11.1 Å². The standard InChI is InChI=1S/C23H23NO2S/c1-16-14-21(27-15-16)22(24-13-5-8-20(24)23(25)26)19-11-9-18(10-12-19)17-6-3-2-4-7-17/h2-4,6-7,9-12,14-15,20,22H,5,8,13H2,1H3,(H,25,26). The summed E-state index contributed by atoms with van der Waals surface area (Å²) in [5.74, 6) is -0.716. The molecule has 0 amide bonds. The van der Waals surface area contributed by atoms with Crippen LogP contribution in [0.4, 0.5) is 0 Å². The molecule has 1 aliphatic heterocycles. The number of hydrogen-bond acceptors (Lipinski definition) is 3. The maximum Gasteiger partial charge on any atom is 0.320 e. The van der Waals surface area contributed by atoms with Crippen LogP contribution in [-0.2, 0) is 4.79 Å². The van der Waals surface area contributed by atoms with E-state index in [1.54, 1.807) is 11.3 Å². The average molecular weight is 378 g/mol. The zero-order valence-corrected chi connectivity index (χ0v) is 16.2. The van der Waals surface area contributed by atoms with Crippen LogP contribution in [0.1, 0.15) is 34.9 Å². The summed E-state index contributed by atoms with van der Waals surface area (Å²) in [5, 5.41) is 11.8. The van der Waals surface area contributed by atoms with Crippen LogP contribution < -0.4 is 0 Å². The first kappa shape index (κ1) is 18.0. The molecule has 0 aliphatic carbocycles. The zero-order chi connectivity index (χ0) is 18.8. The summed E-state index contributed by atoms with van der Waals surface area (Å²) >= 11 is 1.72. The van der Waals surface area contributed by atoms with E-state index < -0.39 is 12.0 Å². The van der Waals surface area contributed by atoms with E-state index in [4.69, 9.17) is 0 Å². The van der Waals surface area contributed by atoms with Gasteiger partial charge in [-0.3, -0.25) is 9.69 Å². The predicted molar refractivity (Wildman–Crippen MR) is 110 cm³/mol. The van der Waals surface area contributed by atoms with Crippen molar-refractivity contribution in [2.75, 3.05) is 6.54 Å². The van der Waals surface area contributed by atoms with Crippen molar-refractivity contribution >= 4 is 17.3 Å². The van der Waals surface area contributed by atoms with Crippen molar-refractivity contribution in [3.05, 3.63) is 82.0 Å². The lowest BCUT2D eigenvalue weighted by molar-refractivity contribution is -0.142. The molecule has 1 N–H and O–H groups in total. The number of nitrogens with zero attached hydrogens (tertiary/aromatic N) is 1. The Morgan fingerprint density at radius 1 is 1.11 bits per heavy atom. The van der Waals surface area contributed by atoms with E-state index in [-0.39, 0.29) is 6.04 Å². The topological polar surface area (TPSA) is 40.5 Å². The second-order valence-electron chi connectivity index (χ2n) is 7.15. The first-order valence-electron chi connectivity index (χ1n) is 9.32. The molecule has 2 heterocycles. The van der Waals surface area contributed by atoms with Crippen LogP contribution in [-0.4, -0.2) is 28.6 Å². The lowest BCUT2D eigenvalue weighted by atomic mass is 9.98. The molecule has 2 atom stereocenters. The molecule has 27 heavy (non-hydrogen) atoms. The van der Waals surface area contributed by atoms with Crippen LogP contribution in [0.3, 0.4) is 0 Å². The highest BCUT2D eigenvalue weighted by molar-refractivity contribution is 7.10. The van der Waals surface area contributed by atoms with Crippen LogP contribution >= 0.6 is 11.3 Å². The van der Waals surface area contributed by atoms with Gasteiger partial charge in [0.25, 0.3) is 0 Å². The Hall–Kier alpha value is -2.43. The molecule has 1 aliphatic rings.